The molecular weight excluding hydrogens is 375 g/mol. The fourth-order valence-corrected chi connectivity index (χ4v) is 3.14. The summed E-state index contributed by atoms with van der Waals surface area (Å²) in [5.74, 6) is -0.985. The van der Waals surface area contributed by atoms with Crippen molar-refractivity contribution in [2.75, 3.05) is 43.4 Å². The number of anilines is 2. The van der Waals surface area contributed by atoms with Gasteiger partial charge in [0.25, 0.3) is 5.91 Å². The van der Waals surface area contributed by atoms with Gasteiger partial charge in [0.2, 0.25) is 11.8 Å². The van der Waals surface area contributed by atoms with Crippen LogP contribution in [0.2, 0.25) is 0 Å². The second-order valence-corrected chi connectivity index (χ2v) is 6.84. The molecule has 3 amide bonds. The first kappa shape index (κ1) is 20.5. The zero-order valence-electron chi connectivity index (χ0n) is 16.2. The molecule has 152 valence electrons. The number of benzene rings is 2. The summed E-state index contributed by atoms with van der Waals surface area (Å²) >= 11 is 0. The molecule has 1 saturated heterocycles. The Balaban J connectivity index is 1.60. The Bertz CT molecular complexity index is 893. The van der Waals surface area contributed by atoms with E-state index in [1.807, 2.05) is 4.90 Å². The van der Waals surface area contributed by atoms with Crippen LogP contribution in [0.3, 0.4) is 0 Å². The highest BCUT2D eigenvalue weighted by Gasteiger charge is 2.21. The highest BCUT2D eigenvalue weighted by molar-refractivity contribution is 6.10. The zero-order chi connectivity index (χ0) is 20.8. The van der Waals surface area contributed by atoms with Gasteiger partial charge in [-0.2, -0.15) is 0 Å². The van der Waals surface area contributed by atoms with Crippen molar-refractivity contribution in [2.24, 2.45) is 0 Å². The Hall–Kier alpha value is -3.26. The van der Waals surface area contributed by atoms with Crippen molar-refractivity contribution in [3.63, 3.8) is 0 Å². The van der Waals surface area contributed by atoms with E-state index < -0.39 is 5.91 Å². The average molecular weight is 398 g/mol. The Morgan fingerprint density at radius 3 is 2.24 bits per heavy atom. The van der Waals surface area contributed by atoms with Gasteiger partial charge >= 0.3 is 0 Å². The van der Waals surface area contributed by atoms with Gasteiger partial charge in [-0.3, -0.25) is 19.3 Å². The quantitative estimate of drug-likeness (QED) is 0.809. The van der Waals surface area contributed by atoms with Gasteiger partial charge in [0.1, 0.15) is 5.82 Å². The lowest BCUT2D eigenvalue weighted by Crippen LogP contribution is -2.49. The summed E-state index contributed by atoms with van der Waals surface area (Å²) in [7, 11) is 0. The number of rotatable bonds is 5. The lowest BCUT2D eigenvalue weighted by atomic mass is 10.1. The van der Waals surface area contributed by atoms with E-state index in [2.05, 4.69) is 10.6 Å². The minimum absolute atomic E-state index is 0.0372. The molecule has 2 aromatic carbocycles. The van der Waals surface area contributed by atoms with Crippen LogP contribution < -0.4 is 10.6 Å². The number of carbonyl (C=O) groups excluding carboxylic acids is 3. The van der Waals surface area contributed by atoms with Crippen molar-refractivity contribution in [1.29, 1.82) is 0 Å². The van der Waals surface area contributed by atoms with Crippen LogP contribution in [0, 0.1) is 5.82 Å². The molecule has 0 radical (unpaired) electrons. The molecular formula is C21H23FN4O3. The molecule has 0 aromatic heterocycles. The summed E-state index contributed by atoms with van der Waals surface area (Å²) in [6, 6.07) is 12.2. The van der Waals surface area contributed by atoms with E-state index in [1.54, 1.807) is 29.2 Å². The largest absolute Gasteiger partial charge is 0.340 e. The average Bonchev–Trinajstić information content (AvgIpc) is 2.70. The number of hydrogen-bond acceptors (Lipinski definition) is 4. The highest BCUT2D eigenvalue weighted by Crippen LogP contribution is 2.18. The molecule has 2 aromatic rings. The Labute approximate surface area is 168 Å². The first-order chi connectivity index (χ1) is 13.9. The molecule has 0 aliphatic carbocycles. The molecule has 0 unspecified atom stereocenters. The third-order valence-electron chi connectivity index (χ3n) is 4.73. The number of halogens is 1. The van der Waals surface area contributed by atoms with Crippen LogP contribution in [0.15, 0.2) is 48.5 Å². The van der Waals surface area contributed by atoms with Crippen LogP contribution >= 0.6 is 0 Å². The molecule has 0 bridgehead atoms. The summed E-state index contributed by atoms with van der Waals surface area (Å²) in [4.78, 5) is 40.2. The lowest BCUT2D eigenvalue weighted by molar-refractivity contribution is -0.130. The number of amides is 3. The standard InChI is InChI=1S/C21H23FN4O3/c1-15(27)26-12-10-25(11-13-26)14-20(28)24-19-5-3-2-4-18(19)21(29)23-17-8-6-16(22)7-9-17/h2-9H,10-14H2,1H3,(H,23,29)(H,24,28). The maximum atomic E-state index is 13.0. The summed E-state index contributed by atoms with van der Waals surface area (Å²) in [5, 5.41) is 5.48. The minimum Gasteiger partial charge on any atom is -0.340 e. The van der Waals surface area contributed by atoms with E-state index in [0.717, 1.165) is 0 Å². The topological polar surface area (TPSA) is 81.8 Å². The van der Waals surface area contributed by atoms with Gasteiger partial charge in [-0.25, -0.2) is 4.39 Å². The van der Waals surface area contributed by atoms with Crippen molar-refractivity contribution in [3.8, 4) is 0 Å². The van der Waals surface area contributed by atoms with Crippen molar-refractivity contribution in [1.82, 2.24) is 9.80 Å². The van der Waals surface area contributed by atoms with Crippen molar-refractivity contribution >= 4 is 29.1 Å². The molecule has 1 aliphatic heterocycles. The highest BCUT2D eigenvalue weighted by atomic mass is 19.1. The molecule has 2 N–H and O–H groups in total. The molecule has 8 heteroatoms. The first-order valence-electron chi connectivity index (χ1n) is 9.36. The van der Waals surface area contributed by atoms with E-state index in [4.69, 9.17) is 0 Å². The normalized spacial score (nSPS) is 14.3. The zero-order valence-corrected chi connectivity index (χ0v) is 16.2. The van der Waals surface area contributed by atoms with Crippen LogP contribution in [-0.2, 0) is 9.59 Å². The number of piperazine rings is 1. The lowest BCUT2D eigenvalue weighted by Gasteiger charge is -2.33. The molecule has 1 fully saturated rings. The Morgan fingerprint density at radius 2 is 1.59 bits per heavy atom. The first-order valence-corrected chi connectivity index (χ1v) is 9.36. The summed E-state index contributed by atoms with van der Waals surface area (Å²) in [6.07, 6.45) is 0. The molecule has 29 heavy (non-hydrogen) atoms. The number of nitrogens with one attached hydrogen (secondary N) is 2. The fourth-order valence-electron chi connectivity index (χ4n) is 3.14. The maximum Gasteiger partial charge on any atom is 0.257 e. The fraction of sp³-hybridized carbons (Fsp3) is 0.286. The van der Waals surface area contributed by atoms with Crippen molar-refractivity contribution in [3.05, 3.63) is 59.9 Å². The maximum absolute atomic E-state index is 13.0. The third-order valence-corrected chi connectivity index (χ3v) is 4.73. The molecule has 1 heterocycles. The van der Waals surface area contributed by atoms with Gasteiger partial charge in [0, 0.05) is 38.8 Å². The summed E-state index contributed by atoms with van der Waals surface area (Å²) < 4.78 is 13.0. The van der Waals surface area contributed by atoms with Crippen LogP contribution in [0.25, 0.3) is 0 Å². The van der Waals surface area contributed by atoms with E-state index >= 15 is 0 Å². The molecule has 7 nitrogen and oxygen atoms in total. The molecule has 0 atom stereocenters. The molecule has 0 spiro atoms. The summed E-state index contributed by atoms with van der Waals surface area (Å²) in [5.41, 5.74) is 1.17. The molecule has 3 rings (SSSR count). The smallest absolute Gasteiger partial charge is 0.257 e. The number of carbonyl (C=O) groups is 3. The Morgan fingerprint density at radius 1 is 0.931 bits per heavy atom. The third kappa shape index (κ3) is 5.61. The number of para-hydroxylation sites is 1. The van der Waals surface area contributed by atoms with Gasteiger partial charge < -0.3 is 15.5 Å². The van der Waals surface area contributed by atoms with Gasteiger partial charge in [-0.1, -0.05) is 12.1 Å². The minimum atomic E-state index is -0.400. The second-order valence-electron chi connectivity index (χ2n) is 6.84. The van der Waals surface area contributed by atoms with Gasteiger partial charge in [-0.05, 0) is 36.4 Å². The SMILES string of the molecule is CC(=O)N1CCN(CC(=O)Nc2ccccc2C(=O)Nc2ccc(F)cc2)CC1. The predicted molar refractivity (Wildman–Crippen MR) is 108 cm³/mol. The number of nitrogens with zero attached hydrogens (tertiary/aromatic N) is 2. The van der Waals surface area contributed by atoms with E-state index in [-0.39, 0.29) is 24.2 Å². The van der Waals surface area contributed by atoms with Crippen LogP contribution in [-0.4, -0.2) is 60.2 Å². The van der Waals surface area contributed by atoms with Crippen molar-refractivity contribution in [2.45, 2.75) is 6.92 Å². The van der Waals surface area contributed by atoms with Crippen LogP contribution in [0.5, 0.6) is 0 Å². The number of hydrogen-bond donors (Lipinski definition) is 2. The van der Waals surface area contributed by atoms with E-state index in [1.165, 1.54) is 31.2 Å². The predicted octanol–water partition coefficient (Wildman–Crippen LogP) is 2.18. The summed E-state index contributed by atoms with van der Waals surface area (Å²) in [6.45, 7) is 4.16. The molecule has 1 aliphatic rings. The van der Waals surface area contributed by atoms with Gasteiger partial charge in [0.05, 0.1) is 17.8 Å². The van der Waals surface area contributed by atoms with Gasteiger partial charge in [-0.15, -0.1) is 0 Å². The Kier molecular flexibility index (Phi) is 6.56. The van der Waals surface area contributed by atoms with E-state index in [0.29, 0.717) is 43.1 Å². The monoisotopic (exact) mass is 398 g/mol. The molecule has 0 saturated carbocycles. The van der Waals surface area contributed by atoms with Gasteiger partial charge in [0.15, 0.2) is 0 Å². The van der Waals surface area contributed by atoms with E-state index in [9.17, 15) is 18.8 Å². The second kappa shape index (κ2) is 9.29. The van der Waals surface area contributed by atoms with Crippen LogP contribution in [0.1, 0.15) is 17.3 Å². The van der Waals surface area contributed by atoms with Crippen LogP contribution in [0.4, 0.5) is 15.8 Å². The van der Waals surface area contributed by atoms with Crippen molar-refractivity contribution < 1.29 is 18.8 Å².